The quantitative estimate of drug-likeness (QED) is 0.200. The van der Waals surface area contributed by atoms with Crippen LogP contribution in [-0.2, 0) is 14.3 Å². The fourth-order valence-corrected chi connectivity index (χ4v) is 4.98. The van der Waals surface area contributed by atoms with Crippen LogP contribution in [0.4, 0.5) is 17.1 Å². The Morgan fingerprint density at radius 1 is 0.800 bits per heavy atom. The van der Waals surface area contributed by atoms with Crippen molar-refractivity contribution in [2.75, 3.05) is 11.5 Å². The molecule has 3 unspecified atom stereocenters. The van der Waals surface area contributed by atoms with Crippen LogP contribution in [0, 0.1) is 5.92 Å². The lowest BCUT2D eigenvalue weighted by Crippen LogP contribution is -2.30. The number of carboxylic acids is 1. The number of allylic oxidation sites excluding steroid dienone is 2. The highest BCUT2D eigenvalue weighted by molar-refractivity contribution is 5.76. The third-order valence-corrected chi connectivity index (χ3v) is 6.99. The molecule has 4 aromatic rings. The molecule has 0 aliphatic carbocycles. The Morgan fingerprint density at radius 3 is 2.02 bits per heavy atom. The summed E-state index contributed by atoms with van der Waals surface area (Å²) in [6.45, 7) is 0.439. The van der Waals surface area contributed by atoms with E-state index in [-0.39, 0.29) is 24.2 Å². The van der Waals surface area contributed by atoms with Crippen molar-refractivity contribution in [1.29, 1.82) is 0 Å². The molecule has 1 aliphatic rings. The van der Waals surface area contributed by atoms with Gasteiger partial charge in [0.2, 0.25) is 0 Å². The highest BCUT2D eigenvalue weighted by Crippen LogP contribution is 2.43. The molecule has 6 heteroatoms. The van der Waals surface area contributed by atoms with Gasteiger partial charge < -0.3 is 24.6 Å². The molecule has 204 valence electrons. The highest BCUT2D eigenvalue weighted by Gasteiger charge is 2.34. The van der Waals surface area contributed by atoms with Crippen molar-refractivity contribution in [1.82, 2.24) is 0 Å². The lowest BCUT2D eigenvalue weighted by atomic mass is 9.91. The van der Waals surface area contributed by atoms with Crippen LogP contribution in [0.2, 0.25) is 0 Å². The molecule has 4 aromatic carbocycles. The van der Waals surface area contributed by atoms with Crippen LogP contribution < -0.4 is 4.90 Å². The van der Waals surface area contributed by atoms with E-state index in [1.807, 2.05) is 72.8 Å². The van der Waals surface area contributed by atoms with Crippen molar-refractivity contribution in [3.63, 3.8) is 0 Å². The van der Waals surface area contributed by atoms with Gasteiger partial charge in [0.05, 0.1) is 12.7 Å². The summed E-state index contributed by atoms with van der Waals surface area (Å²) in [5.74, 6) is -0.660. The molecule has 1 fully saturated rings. The second kappa shape index (κ2) is 13.1. The van der Waals surface area contributed by atoms with E-state index in [0.29, 0.717) is 19.4 Å². The summed E-state index contributed by atoms with van der Waals surface area (Å²) in [4.78, 5) is 13.0. The van der Waals surface area contributed by atoms with Gasteiger partial charge in [0.25, 0.3) is 0 Å². The summed E-state index contributed by atoms with van der Waals surface area (Å²) in [7, 11) is 0. The average Bonchev–Trinajstić information content (AvgIpc) is 2.99. The van der Waals surface area contributed by atoms with E-state index in [1.165, 1.54) is 0 Å². The molecule has 0 amide bonds. The van der Waals surface area contributed by atoms with Crippen molar-refractivity contribution in [3.8, 4) is 5.75 Å². The largest absolute Gasteiger partial charge is 0.508 e. The number of phenolic OH excluding ortho intramolecular Hbond substituents is 1. The van der Waals surface area contributed by atoms with E-state index in [2.05, 4.69) is 41.3 Å². The van der Waals surface area contributed by atoms with Crippen molar-refractivity contribution >= 4 is 23.0 Å². The Hall–Kier alpha value is -4.39. The summed E-state index contributed by atoms with van der Waals surface area (Å²) in [6, 6.07) is 35.9. The molecular formula is C34H33NO5. The zero-order chi connectivity index (χ0) is 27.7. The first-order valence-electron chi connectivity index (χ1n) is 13.5. The minimum absolute atomic E-state index is 0.0310. The third kappa shape index (κ3) is 6.60. The van der Waals surface area contributed by atoms with Gasteiger partial charge in [-0.1, -0.05) is 78.9 Å². The normalized spacial score (nSPS) is 18.9. The molecule has 2 N–H and O–H groups in total. The number of hydrogen-bond acceptors (Lipinski definition) is 5. The first-order valence-corrected chi connectivity index (χ1v) is 13.5. The van der Waals surface area contributed by atoms with Crippen molar-refractivity contribution in [2.24, 2.45) is 5.92 Å². The predicted molar refractivity (Wildman–Crippen MR) is 156 cm³/mol. The van der Waals surface area contributed by atoms with E-state index < -0.39 is 12.3 Å². The van der Waals surface area contributed by atoms with Gasteiger partial charge in [-0.2, -0.15) is 0 Å². The Labute approximate surface area is 234 Å². The van der Waals surface area contributed by atoms with Gasteiger partial charge in [-0.25, -0.2) is 0 Å². The van der Waals surface area contributed by atoms with E-state index in [9.17, 15) is 9.90 Å². The zero-order valence-electron chi connectivity index (χ0n) is 22.2. The number of nitrogens with zero attached hydrogens (tertiary/aromatic N) is 1. The number of aliphatic carboxylic acids is 1. The Morgan fingerprint density at radius 2 is 1.40 bits per heavy atom. The number of aromatic hydroxyl groups is 1. The maximum atomic E-state index is 10.8. The van der Waals surface area contributed by atoms with Crippen LogP contribution in [0.25, 0.3) is 0 Å². The number of carbonyl (C=O) groups is 1. The van der Waals surface area contributed by atoms with Gasteiger partial charge in [0, 0.05) is 40.5 Å². The Bertz CT molecular complexity index is 1370. The summed E-state index contributed by atoms with van der Waals surface area (Å²) in [5.41, 5.74) is 4.74. The van der Waals surface area contributed by atoms with E-state index in [0.717, 1.165) is 28.2 Å². The van der Waals surface area contributed by atoms with Crippen molar-refractivity contribution in [3.05, 3.63) is 132 Å². The molecule has 40 heavy (non-hydrogen) atoms. The molecule has 0 bridgehead atoms. The van der Waals surface area contributed by atoms with Gasteiger partial charge in [0.1, 0.15) is 5.75 Å². The molecule has 6 nitrogen and oxygen atoms in total. The topological polar surface area (TPSA) is 79.2 Å². The number of ether oxygens (including phenoxy) is 2. The summed E-state index contributed by atoms with van der Waals surface area (Å²) >= 11 is 0. The van der Waals surface area contributed by atoms with Gasteiger partial charge >= 0.3 is 5.97 Å². The molecule has 0 spiro atoms. The molecular weight excluding hydrogens is 502 g/mol. The fourth-order valence-electron chi connectivity index (χ4n) is 4.98. The molecule has 0 aromatic heterocycles. The summed E-state index contributed by atoms with van der Waals surface area (Å²) in [6.07, 6.45) is 4.11. The van der Waals surface area contributed by atoms with Crippen LogP contribution in [0.1, 0.15) is 42.8 Å². The van der Waals surface area contributed by atoms with Crippen LogP contribution in [0.5, 0.6) is 5.75 Å². The number of hydrogen-bond donors (Lipinski definition) is 2. The van der Waals surface area contributed by atoms with Gasteiger partial charge in [-0.15, -0.1) is 0 Å². The lowest BCUT2D eigenvalue weighted by Gasteiger charge is -2.37. The third-order valence-electron chi connectivity index (χ3n) is 6.99. The standard InChI is InChI=1S/C34H33NO5/c36-31-18-11-10-17-30(31)33-26(12-4-1-9-19-32(37)38)24-39-34(40-33)25-20-22-29(23-21-25)35(27-13-5-2-6-14-27)28-15-7-3-8-16-28/h1-8,10-11,13-18,20-23,26,33-34,36H,9,12,19,24H2,(H,37,38). The van der Waals surface area contributed by atoms with Gasteiger partial charge in [-0.05, 0) is 55.3 Å². The molecule has 0 saturated carbocycles. The number of benzene rings is 4. The molecule has 1 heterocycles. The number of anilines is 3. The van der Waals surface area contributed by atoms with E-state index in [1.54, 1.807) is 12.1 Å². The Kier molecular flexibility index (Phi) is 8.91. The Balaban J connectivity index is 1.36. The SMILES string of the molecule is O=C(O)CCC=CCC1COC(c2ccc(N(c3ccccc3)c3ccccc3)cc2)OC1c1ccccc1O. The highest BCUT2D eigenvalue weighted by atomic mass is 16.7. The predicted octanol–water partition coefficient (Wildman–Crippen LogP) is 8.08. The zero-order valence-corrected chi connectivity index (χ0v) is 22.2. The van der Waals surface area contributed by atoms with Gasteiger partial charge in [0.15, 0.2) is 6.29 Å². The second-order valence-corrected chi connectivity index (χ2v) is 9.78. The maximum absolute atomic E-state index is 10.8. The van der Waals surface area contributed by atoms with E-state index >= 15 is 0 Å². The monoisotopic (exact) mass is 535 g/mol. The first kappa shape index (κ1) is 27.2. The first-order chi connectivity index (χ1) is 19.6. The minimum atomic E-state index is -0.814. The van der Waals surface area contributed by atoms with Gasteiger partial charge in [-0.3, -0.25) is 4.79 Å². The molecule has 0 radical (unpaired) electrons. The molecule has 1 saturated heterocycles. The summed E-state index contributed by atoms with van der Waals surface area (Å²) < 4.78 is 12.7. The molecule has 1 aliphatic heterocycles. The molecule has 3 atom stereocenters. The number of carboxylic acid groups (broad SMARTS) is 1. The van der Waals surface area contributed by atoms with Crippen LogP contribution in [0.15, 0.2) is 121 Å². The second-order valence-electron chi connectivity index (χ2n) is 9.78. The lowest BCUT2D eigenvalue weighted by molar-refractivity contribution is -0.244. The van der Waals surface area contributed by atoms with Crippen LogP contribution in [-0.4, -0.2) is 22.8 Å². The number of phenols is 1. The smallest absolute Gasteiger partial charge is 0.303 e. The van der Waals surface area contributed by atoms with Crippen molar-refractivity contribution < 1.29 is 24.5 Å². The van der Waals surface area contributed by atoms with Crippen LogP contribution >= 0.6 is 0 Å². The van der Waals surface area contributed by atoms with E-state index in [4.69, 9.17) is 14.6 Å². The molecule has 5 rings (SSSR count). The fraction of sp³-hybridized carbons (Fsp3) is 0.206. The summed E-state index contributed by atoms with van der Waals surface area (Å²) in [5, 5.41) is 19.5. The maximum Gasteiger partial charge on any atom is 0.303 e. The van der Waals surface area contributed by atoms with Crippen LogP contribution in [0.3, 0.4) is 0 Å². The number of rotatable bonds is 10. The average molecular weight is 536 g/mol. The number of para-hydroxylation sites is 3. The van der Waals surface area contributed by atoms with Crippen molar-refractivity contribution in [2.45, 2.75) is 31.7 Å². The minimum Gasteiger partial charge on any atom is -0.508 e.